The summed E-state index contributed by atoms with van der Waals surface area (Å²) in [6.45, 7) is -0.353. The average Bonchev–Trinajstić information content (AvgIpc) is 2.63. The molecule has 0 bridgehead atoms. The highest BCUT2D eigenvalue weighted by Crippen LogP contribution is 2.21. The van der Waals surface area contributed by atoms with Crippen molar-refractivity contribution < 1.29 is 23.1 Å². The van der Waals surface area contributed by atoms with Crippen LogP contribution in [0.3, 0.4) is 0 Å². The minimum absolute atomic E-state index is 0.334. The Morgan fingerprint density at radius 3 is 2.56 bits per heavy atom. The number of carboxylic acids is 1. The van der Waals surface area contributed by atoms with Crippen molar-refractivity contribution in [3.05, 3.63) is 40.8 Å². The van der Waals surface area contributed by atoms with Gasteiger partial charge in [0.1, 0.15) is 17.3 Å². The zero-order valence-corrected chi connectivity index (χ0v) is 9.92. The van der Waals surface area contributed by atoms with Crippen LogP contribution < -0.4 is 4.74 Å². The van der Waals surface area contributed by atoms with Gasteiger partial charge in [-0.2, -0.15) is 12.8 Å². The fourth-order valence-electron chi connectivity index (χ4n) is 1.39. The van der Waals surface area contributed by atoms with E-state index in [1.54, 1.807) is 30.3 Å². The minimum Gasteiger partial charge on any atom is -0.488 e. The number of aliphatic carboxylic acids is 1. The molecule has 1 aliphatic rings. The van der Waals surface area contributed by atoms with E-state index in [4.69, 9.17) is 9.84 Å². The molecular weight excluding hydrogens is 258 g/mol. The molecule has 1 aliphatic heterocycles. The Balaban J connectivity index is 2.22. The van der Waals surface area contributed by atoms with Crippen molar-refractivity contribution in [3.63, 3.8) is 0 Å². The standard InChI is InChI=1S/C11H9NO5S/c13-11(14)9-6-12-18(15,16)10(9)7-17-8-4-2-1-3-5-8/h1-6H,7H2,(H,13,14). The normalized spacial score (nSPS) is 16.9. The number of carbonyl (C=O) groups is 1. The van der Waals surface area contributed by atoms with Crippen LogP contribution in [0.5, 0.6) is 5.75 Å². The summed E-state index contributed by atoms with van der Waals surface area (Å²) in [5, 5.41) is 8.84. The Morgan fingerprint density at radius 2 is 1.94 bits per heavy atom. The second kappa shape index (κ2) is 4.61. The molecule has 0 saturated carbocycles. The van der Waals surface area contributed by atoms with Crippen molar-refractivity contribution in [1.82, 2.24) is 0 Å². The highest BCUT2D eigenvalue weighted by molar-refractivity contribution is 7.94. The molecule has 0 saturated heterocycles. The molecule has 6 nitrogen and oxygen atoms in total. The van der Waals surface area contributed by atoms with Gasteiger partial charge in [-0.1, -0.05) is 18.2 Å². The third kappa shape index (κ3) is 2.40. The monoisotopic (exact) mass is 267 g/mol. The first-order chi connectivity index (χ1) is 8.50. The maximum atomic E-state index is 11.5. The summed E-state index contributed by atoms with van der Waals surface area (Å²) in [6.07, 6.45) is 0.821. The summed E-state index contributed by atoms with van der Waals surface area (Å²) < 4.78 is 31.4. The molecule has 0 amide bonds. The molecule has 1 aromatic rings. The van der Waals surface area contributed by atoms with Crippen LogP contribution in [0.2, 0.25) is 0 Å². The van der Waals surface area contributed by atoms with Crippen molar-refractivity contribution >= 4 is 22.2 Å². The maximum absolute atomic E-state index is 11.5. The Labute approximate surface area is 103 Å². The van der Waals surface area contributed by atoms with Gasteiger partial charge >= 0.3 is 5.97 Å². The molecule has 0 atom stereocenters. The highest BCUT2D eigenvalue weighted by Gasteiger charge is 2.30. The maximum Gasteiger partial charge on any atom is 0.338 e. The largest absolute Gasteiger partial charge is 0.488 e. The number of carboxylic acid groups (broad SMARTS) is 1. The average molecular weight is 267 g/mol. The van der Waals surface area contributed by atoms with Crippen molar-refractivity contribution in [2.75, 3.05) is 6.61 Å². The van der Waals surface area contributed by atoms with E-state index in [-0.39, 0.29) is 17.1 Å². The van der Waals surface area contributed by atoms with Crippen molar-refractivity contribution in [1.29, 1.82) is 0 Å². The van der Waals surface area contributed by atoms with Crippen molar-refractivity contribution in [3.8, 4) is 5.75 Å². The molecule has 0 aliphatic carbocycles. The molecule has 0 unspecified atom stereocenters. The first-order valence-corrected chi connectivity index (χ1v) is 6.39. The lowest BCUT2D eigenvalue weighted by atomic mass is 10.3. The predicted molar refractivity (Wildman–Crippen MR) is 64.0 cm³/mol. The van der Waals surface area contributed by atoms with E-state index in [2.05, 4.69) is 4.40 Å². The van der Waals surface area contributed by atoms with Gasteiger partial charge in [0, 0.05) is 0 Å². The molecule has 7 heteroatoms. The van der Waals surface area contributed by atoms with Crippen LogP contribution in [0.15, 0.2) is 45.2 Å². The molecule has 0 aromatic heterocycles. The number of hydrogen-bond donors (Lipinski definition) is 1. The highest BCUT2D eigenvalue weighted by atomic mass is 32.2. The van der Waals surface area contributed by atoms with Gasteiger partial charge in [0.05, 0.1) is 11.8 Å². The lowest BCUT2D eigenvalue weighted by Crippen LogP contribution is -2.12. The third-order valence-electron chi connectivity index (χ3n) is 2.28. The van der Waals surface area contributed by atoms with E-state index in [0.29, 0.717) is 5.75 Å². The van der Waals surface area contributed by atoms with Gasteiger partial charge in [-0.3, -0.25) is 0 Å². The van der Waals surface area contributed by atoms with Crippen LogP contribution in [0, 0.1) is 0 Å². The zero-order chi connectivity index (χ0) is 13.2. The Hall–Kier alpha value is -2.15. The fourth-order valence-corrected chi connectivity index (χ4v) is 2.39. The summed E-state index contributed by atoms with van der Waals surface area (Å²) in [4.78, 5) is 10.5. The van der Waals surface area contributed by atoms with Crippen LogP contribution in [0.4, 0.5) is 0 Å². The molecule has 1 N–H and O–H groups in total. The van der Waals surface area contributed by atoms with E-state index < -0.39 is 16.0 Å². The number of para-hydroxylation sites is 1. The van der Waals surface area contributed by atoms with Gasteiger partial charge in [-0.15, -0.1) is 0 Å². The quantitative estimate of drug-likeness (QED) is 0.871. The van der Waals surface area contributed by atoms with Crippen LogP contribution >= 0.6 is 0 Å². The van der Waals surface area contributed by atoms with E-state index >= 15 is 0 Å². The van der Waals surface area contributed by atoms with Gasteiger partial charge in [0.2, 0.25) is 0 Å². The van der Waals surface area contributed by atoms with Gasteiger partial charge in [-0.05, 0) is 12.1 Å². The SMILES string of the molecule is O=C(O)C1=C(COc2ccccc2)S(=O)(=O)N=C1. The summed E-state index contributed by atoms with van der Waals surface area (Å²) in [6, 6.07) is 8.51. The predicted octanol–water partition coefficient (Wildman–Crippen LogP) is 0.818. The van der Waals surface area contributed by atoms with E-state index in [1.165, 1.54) is 0 Å². The van der Waals surface area contributed by atoms with Crippen LogP contribution in [-0.2, 0) is 14.8 Å². The Morgan fingerprint density at radius 1 is 1.28 bits per heavy atom. The summed E-state index contributed by atoms with van der Waals surface area (Å²) in [7, 11) is -3.91. The molecule has 0 spiro atoms. The summed E-state index contributed by atoms with van der Waals surface area (Å²) >= 11 is 0. The molecule has 0 fully saturated rings. The number of sulfonamides is 1. The fraction of sp³-hybridized carbons (Fsp3) is 0.0909. The molecule has 1 heterocycles. The molecule has 1 aromatic carbocycles. The van der Waals surface area contributed by atoms with E-state index in [0.717, 1.165) is 6.21 Å². The molecule has 2 rings (SSSR count). The lowest BCUT2D eigenvalue weighted by molar-refractivity contribution is -0.132. The lowest BCUT2D eigenvalue weighted by Gasteiger charge is -2.06. The topological polar surface area (TPSA) is 93.0 Å². The number of rotatable bonds is 4. The van der Waals surface area contributed by atoms with Crippen LogP contribution in [0.25, 0.3) is 0 Å². The van der Waals surface area contributed by atoms with Gasteiger partial charge in [-0.25, -0.2) is 4.79 Å². The van der Waals surface area contributed by atoms with Crippen molar-refractivity contribution in [2.24, 2.45) is 4.40 Å². The van der Waals surface area contributed by atoms with E-state index in [1.807, 2.05) is 0 Å². The first kappa shape index (κ1) is 12.3. The summed E-state index contributed by atoms with van der Waals surface area (Å²) in [5.74, 6) is -0.886. The zero-order valence-electron chi connectivity index (χ0n) is 9.11. The van der Waals surface area contributed by atoms with Gasteiger partial charge in [0.25, 0.3) is 10.0 Å². The second-order valence-corrected chi connectivity index (χ2v) is 5.11. The molecular formula is C11H9NO5S. The van der Waals surface area contributed by atoms with Crippen molar-refractivity contribution in [2.45, 2.75) is 0 Å². The number of ether oxygens (including phenoxy) is 1. The number of benzene rings is 1. The number of hydrogen-bond acceptors (Lipinski definition) is 4. The van der Waals surface area contributed by atoms with E-state index in [9.17, 15) is 13.2 Å². The first-order valence-electron chi connectivity index (χ1n) is 4.95. The second-order valence-electron chi connectivity index (χ2n) is 3.45. The molecule has 18 heavy (non-hydrogen) atoms. The summed E-state index contributed by atoms with van der Waals surface area (Å²) in [5.41, 5.74) is -0.356. The molecule has 0 radical (unpaired) electrons. The van der Waals surface area contributed by atoms with Crippen LogP contribution in [-0.4, -0.2) is 32.3 Å². The number of nitrogens with zero attached hydrogens (tertiary/aromatic N) is 1. The smallest absolute Gasteiger partial charge is 0.338 e. The molecule has 94 valence electrons. The van der Waals surface area contributed by atoms with Gasteiger partial charge < -0.3 is 9.84 Å². The third-order valence-corrected chi connectivity index (χ3v) is 3.62. The Kier molecular flexibility index (Phi) is 3.15. The van der Waals surface area contributed by atoms with Crippen LogP contribution in [0.1, 0.15) is 0 Å². The minimum atomic E-state index is -3.91. The van der Waals surface area contributed by atoms with Gasteiger partial charge in [0.15, 0.2) is 0 Å². The Bertz CT molecular complexity index is 631.